The van der Waals surface area contributed by atoms with Crippen LogP contribution in [0.5, 0.6) is 5.75 Å². The fraction of sp³-hybridized carbons (Fsp3) is 0.370. The number of phenols is 1. The Balaban J connectivity index is 1.75. The highest BCUT2D eigenvalue weighted by Crippen LogP contribution is 2.55. The molecular weight excluding hydrogens is 464 g/mol. The van der Waals surface area contributed by atoms with E-state index in [1.807, 2.05) is 0 Å². The molecule has 0 aliphatic heterocycles. The summed E-state index contributed by atoms with van der Waals surface area (Å²) in [6.07, 6.45) is 3.44. The number of carbonyl (C=O) groups is 3. The fourth-order valence-electron chi connectivity index (χ4n) is 6.23. The minimum absolute atomic E-state index is 0.0316. The summed E-state index contributed by atoms with van der Waals surface area (Å²) in [7, 11) is 0. The number of fused-ring (bicyclic) bond motifs is 3. The van der Waals surface area contributed by atoms with Crippen molar-refractivity contribution in [3.8, 4) is 17.1 Å². The Bertz CT molecular complexity index is 1390. The van der Waals surface area contributed by atoms with Gasteiger partial charge >= 0.3 is 0 Å². The monoisotopic (exact) mass is 490 g/mol. The first-order chi connectivity index (χ1) is 17.0. The van der Waals surface area contributed by atoms with Gasteiger partial charge in [0, 0.05) is 35.4 Å². The highest BCUT2D eigenvalue weighted by Gasteiger charge is 2.63. The van der Waals surface area contributed by atoms with E-state index in [1.54, 1.807) is 38.4 Å². The molecule has 9 nitrogen and oxygen atoms in total. The number of carbonyl (C=O) groups excluding carboxylic acids is 3. The molecule has 0 amide bonds. The molecule has 9 heteroatoms. The van der Waals surface area contributed by atoms with Gasteiger partial charge in [0.1, 0.15) is 22.8 Å². The van der Waals surface area contributed by atoms with Crippen molar-refractivity contribution in [2.24, 2.45) is 23.7 Å². The molecule has 1 heterocycles. The van der Waals surface area contributed by atoms with Crippen LogP contribution in [0.1, 0.15) is 38.3 Å². The molecule has 3 aliphatic rings. The second kappa shape index (κ2) is 8.09. The topological polar surface area (TPSA) is 158 Å². The molecule has 0 spiro atoms. The highest BCUT2D eigenvalue weighted by atomic mass is 16.3. The minimum atomic E-state index is -2.54. The smallest absolute Gasteiger partial charge is 0.202 e. The summed E-state index contributed by atoms with van der Waals surface area (Å²) < 4.78 is 0. The molecule has 0 saturated heterocycles. The third-order valence-electron chi connectivity index (χ3n) is 7.76. The lowest BCUT2D eigenvalue weighted by Crippen LogP contribution is -2.61. The summed E-state index contributed by atoms with van der Waals surface area (Å²) >= 11 is 0. The zero-order valence-electron chi connectivity index (χ0n) is 20.0. The number of Topliss-reactive ketones (excluding diaryl/α,β-unsaturated/α-hetero) is 3. The molecule has 1 saturated carbocycles. The number of aromatic hydroxyl groups is 1. The molecule has 186 valence electrons. The second-order valence-corrected chi connectivity index (χ2v) is 10.1. The van der Waals surface area contributed by atoms with E-state index in [1.165, 1.54) is 6.07 Å². The van der Waals surface area contributed by atoms with E-state index in [4.69, 9.17) is 0 Å². The first kappa shape index (κ1) is 23.9. The highest BCUT2D eigenvalue weighted by molar-refractivity contribution is 6.24. The van der Waals surface area contributed by atoms with Crippen LogP contribution in [-0.2, 0) is 20.8 Å². The Morgan fingerprint density at radius 3 is 2.39 bits per heavy atom. The standard InChI is InChI=1S/C27H26N2O7/c1-11(2)18-16-10-13-9-15-14(26-28-7-4-8-29-26)5-6-17(31)21(15)23(33)20(13)25(35)27(16,36)24(34)19(12(3)30)22(18)32/h4-8,11,13,16,18,31,33-34,36H,9-10H2,1-3H3/t13-,16-,18?,27+/m1/s1. The maximum Gasteiger partial charge on any atom is 0.202 e. The molecule has 1 unspecified atom stereocenters. The first-order valence-electron chi connectivity index (χ1n) is 11.8. The summed E-state index contributed by atoms with van der Waals surface area (Å²) in [5.74, 6) is -6.52. The SMILES string of the molecule is CC(=O)C1=C(O)[C@]2(O)C(=O)C3=C(O)c4c(O)ccc(-c5ncccn5)c4C[C@@H]3C[C@@H]2C(C(C)C)C1=O. The molecule has 0 bridgehead atoms. The predicted octanol–water partition coefficient (Wildman–Crippen LogP) is 2.87. The van der Waals surface area contributed by atoms with E-state index in [0.717, 1.165) is 6.92 Å². The molecule has 1 aromatic heterocycles. The summed E-state index contributed by atoms with van der Waals surface area (Å²) in [5.41, 5.74) is -2.13. The number of aliphatic hydroxyl groups is 3. The van der Waals surface area contributed by atoms with Crippen LogP contribution < -0.4 is 0 Å². The Morgan fingerprint density at radius 2 is 1.78 bits per heavy atom. The predicted molar refractivity (Wildman–Crippen MR) is 128 cm³/mol. The Hall–Kier alpha value is -3.85. The van der Waals surface area contributed by atoms with E-state index < -0.39 is 57.8 Å². The van der Waals surface area contributed by atoms with Crippen LogP contribution >= 0.6 is 0 Å². The average molecular weight is 491 g/mol. The molecule has 1 fully saturated rings. The van der Waals surface area contributed by atoms with E-state index >= 15 is 0 Å². The lowest BCUT2D eigenvalue weighted by molar-refractivity contribution is -0.155. The van der Waals surface area contributed by atoms with Crippen LogP contribution in [0.15, 0.2) is 47.5 Å². The molecule has 36 heavy (non-hydrogen) atoms. The molecular formula is C27H26N2O7. The van der Waals surface area contributed by atoms with Gasteiger partial charge in [0.2, 0.25) is 5.78 Å². The second-order valence-electron chi connectivity index (χ2n) is 10.1. The molecule has 3 aliphatic carbocycles. The van der Waals surface area contributed by atoms with Crippen molar-refractivity contribution < 1.29 is 34.8 Å². The van der Waals surface area contributed by atoms with Gasteiger partial charge in [-0.25, -0.2) is 9.97 Å². The van der Waals surface area contributed by atoms with Crippen LogP contribution in [0.2, 0.25) is 0 Å². The minimum Gasteiger partial charge on any atom is -0.508 e. The molecule has 2 aromatic rings. The summed E-state index contributed by atoms with van der Waals surface area (Å²) in [6, 6.07) is 4.66. The zero-order chi connectivity index (χ0) is 26.1. The van der Waals surface area contributed by atoms with Crippen LogP contribution in [0.3, 0.4) is 0 Å². The van der Waals surface area contributed by atoms with Crippen molar-refractivity contribution in [2.45, 2.75) is 39.2 Å². The number of phenolic OH excluding ortho intramolecular Hbond substituents is 1. The van der Waals surface area contributed by atoms with Crippen LogP contribution in [0.4, 0.5) is 0 Å². The van der Waals surface area contributed by atoms with Gasteiger partial charge in [0.05, 0.1) is 5.56 Å². The fourth-order valence-corrected chi connectivity index (χ4v) is 6.23. The van der Waals surface area contributed by atoms with E-state index in [-0.39, 0.29) is 35.6 Å². The number of ketones is 3. The number of rotatable bonds is 3. The van der Waals surface area contributed by atoms with Crippen LogP contribution in [0.25, 0.3) is 17.1 Å². The van der Waals surface area contributed by atoms with Crippen molar-refractivity contribution in [3.05, 3.63) is 58.6 Å². The summed E-state index contributed by atoms with van der Waals surface area (Å²) in [6.45, 7) is 4.62. The number of allylic oxidation sites excluding steroid dienone is 1. The Labute approximate surface area is 206 Å². The summed E-state index contributed by atoms with van der Waals surface area (Å²) in [4.78, 5) is 47.9. The van der Waals surface area contributed by atoms with Gasteiger partial charge < -0.3 is 20.4 Å². The number of nitrogens with zero attached hydrogens (tertiary/aromatic N) is 2. The van der Waals surface area contributed by atoms with E-state index in [0.29, 0.717) is 17.0 Å². The maximum atomic E-state index is 13.9. The van der Waals surface area contributed by atoms with Gasteiger partial charge in [-0.3, -0.25) is 14.4 Å². The van der Waals surface area contributed by atoms with Crippen molar-refractivity contribution in [2.75, 3.05) is 0 Å². The van der Waals surface area contributed by atoms with Crippen LogP contribution in [0, 0.1) is 23.7 Å². The van der Waals surface area contributed by atoms with Gasteiger partial charge in [-0.05, 0) is 55.4 Å². The van der Waals surface area contributed by atoms with Crippen LogP contribution in [-0.4, -0.2) is 53.3 Å². The van der Waals surface area contributed by atoms with E-state index in [2.05, 4.69) is 9.97 Å². The largest absolute Gasteiger partial charge is 0.508 e. The Kier molecular flexibility index (Phi) is 5.37. The van der Waals surface area contributed by atoms with Gasteiger partial charge in [0.15, 0.2) is 23.0 Å². The third-order valence-corrected chi connectivity index (χ3v) is 7.76. The number of hydrogen-bond acceptors (Lipinski definition) is 9. The van der Waals surface area contributed by atoms with Crippen molar-refractivity contribution in [3.63, 3.8) is 0 Å². The number of hydrogen-bond donors (Lipinski definition) is 4. The average Bonchev–Trinajstić information content (AvgIpc) is 2.81. The Morgan fingerprint density at radius 1 is 1.11 bits per heavy atom. The quantitative estimate of drug-likeness (QED) is 0.475. The van der Waals surface area contributed by atoms with Gasteiger partial charge in [-0.1, -0.05) is 13.8 Å². The number of aliphatic hydroxyl groups excluding tert-OH is 2. The lowest BCUT2D eigenvalue weighted by atomic mass is 9.54. The molecule has 1 aromatic carbocycles. The van der Waals surface area contributed by atoms with Gasteiger partial charge in [0.25, 0.3) is 0 Å². The summed E-state index contributed by atoms with van der Waals surface area (Å²) in [5, 5.41) is 44.6. The first-order valence-corrected chi connectivity index (χ1v) is 11.8. The number of benzene rings is 1. The third kappa shape index (κ3) is 3.08. The normalized spacial score (nSPS) is 27.6. The van der Waals surface area contributed by atoms with Crippen molar-refractivity contribution in [1.82, 2.24) is 9.97 Å². The van der Waals surface area contributed by atoms with Crippen molar-refractivity contribution in [1.29, 1.82) is 0 Å². The molecule has 5 rings (SSSR count). The molecule has 4 N–H and O–H groups in total. The lowest BCUT2D eigenvalue weighted by Gasteiger charge is -2.50. The van der Waals surface area contributed by atoms with Gasteiger partial charge in [-0.15, -0.1) is 0 Å². The van der Waals surface area contributed by atoms with Gasteiger partial charge in [-0.2, -0.15) is 0 Å². The maximum absolute atomic E-state index is 13.9. The van der Waals surface area contributed by atoms with Crippen molar-refractivity contribution >= 4 is 23.1 Å². The molecule has 0 radical (unpaired) electrons. The van der Waals surface area contributed by atoms with E-state index in [9.17, 15) is 34.8 Å². The zero-order valence-corrected chi connectivity index (χ0v) is 20.0. The number of aromatic nitrogens is 2. The molecule has 4 atom stereocenters.